The number of hydrogen-bond acceptors (Lipinski definition) is 13. The molecule has 0 radical (unpaired) electrons. The molecule has 61 heavy (non-hydrogen) atoms. The summed E-state index contributed by atoms with van der Waals surface area (Å²) >= 11 is 0. The maximum absolute atomic E-state index is 14.8. The van der Waals surface area contributed by atoms with Crippen LogP contribution in [0.3, 0.4) is 0 Å². The monoisotopic (exact) mass is 836 g/mol. The highest BCUT2D eigenvalue weighted by Gasteiger charge is 2.97. The highest BCUT2D eigenvalue weighted by molar-refractivity contribution is 6.01. The Morgan fingerprint density at radius 3 is 1.39 bits per heavy atom. The van der Waals surface area contributed by atoms with Crippen molar-refractivity contribution in [2.45, 2.75) is 122 Å². The fourth-order valence-electron chi connectivity index (χ4n) is 18.9. The second-order valence-corrected chi connectivity index (χ2v) is 20.3. The number of carbonyl (C=O) groups is 4. The number of fused-ring (bicyclic) bond motifs is 11. The van der Waals surface area contributed by atoms with Gasteiger partial charge in [-0.1, -0.05) is 36.4 Å². The van der Waals surface area contributed by atoms with E-state index in [1.165, 1.54) is 28.4 Å². The number of amides is 2. The highest BCUT2D eigenvalue weighted by Crippen LogP contribution is 2.86. The molecular formula is C46H52N4O11. The summed E-state index contributed by atoms with van der Waals surface area (Å²) in [6.07, 6.45) is 2.74. The fourth-order valence-corrected chi connectivity index (χ4v) is 18.9. The summed E-state index contributed by atoms with van der Waals surface area (Å²) in [6.45, 7) is 1.40. The third kappa shape index (κ3) is 3.27. The van der Waals surface area contributed by atoms with Gasteiger partial charge in [0.05, 0.1) is 39.8 Å². The molecule has 2 aromatic carbocycles. The lowest BCUT2D eigenvalue weighted by Crippen LogP contribution is -2.89. The summed E-state index contributed by atoms with van der Waals surface area (Å²) in [7, 11) is 5.26. The van der Waals surface area contributed by atoms with E-state index < -0.39 is 92.4 Å². The Morgan fingerprint density at radius 1 is 0.590 bits per heavy atom. The number of nitrogens with zero attached hydrogens (tertiary/aromatic N) is 4. The minimum atomic E-state index is -2.17. The lowest BCUT2D eigenvalue weighted by atomic mass is 9.32. The second-order valence-electron chi connectivity index (χ2n) is 20.3. The smallest absolute Gasteiger partial charge is 0.414 e. The van der Waals surface area contributed by atoms with Gasteiger partial charge in [-0.2, -0.15) is 0 Å². The van der Waals surface area contributed by atoms with E-state index in [0.717, 1.165) is 36.8 Å². The standard InChI is InChI=1S/C46H52N4O11/c1-57-35(51)41(55)23-39-15-9-21-47-31-29(45(33(39)47)25-11-5-7-13-27(25)49(37(53)59-3)43(41,45)19-17-39)30-32(61-31)48-22-10-16-40-18-20-44(42(56,24-40)36(52)58-2)46(30,34(40)48)26-12-6-8-14-28(26)50(44)38(54)60-4/h5-8,11-14,29-34,55-56H,9-10,15-24H2,1-4H3/t29-,30-,31+,32+,33+,34+,39?,40?,41-,42-,43?,44?,45+,46+/m1/s1. The Bertz CT molecular complexity index is 2240. The second kappa shape index (κ2) is 11.1. The van der Waals surface area contributed by atoms with E-state index in [1.54, 1.807) is 9.80 Å². The lowest BCUT2D eigenvalue weighted by Gasteiger charge is -2.74. The number of methoxy groups -OCH3 is 4. The quantitative estimate of drug-likeness (QED) is 0.334. The maximum Gasteiger partial charge on any atom is 0.414 e. The van der Waals surface area contributed by atoms with Crippen molar-refractivity contribution in [1.29, 1.82) is 0 Å². The predicted molar refractivity (Wildman–Crippen MR) is 213 cm³/mol. The summed E-state index contributed by atoms with van der Waals surface area (Å²) < 4.78 is 30.4. The minimum Gasteiger partial charge on any atom is -0.467 e. The number of ether oxygens (including phenoxy) is 5. The molecule has 322 valence electrons. The van der Waals surface area contributed by atoms with E-state index in [1.807, 2.05) is 36.4 Å². The number of benzene rings is 2. The van der Waals surface area contributed by atoms with Gasteiger partial charge in [0.25, 0.3) is 0 Å². The molecule has 6 aliphatic carbocycles. The van der Waals surface area contributed by atoms with Gasteiger partial charge in [-0.25, -0.2) is 19.2 Å². The number of hydrogen-bond donors (Lipinski definition) is 2. The normalized spacial score (nSPS) is 48.2. The molecule has 11 fully saturated rings. The number of anilines is 2. The Kier molecular flexibility index (Phi) is 6.77. The van der Waals surface area contributed by atoms with Crippen molar-refractivity contribution in [2.24, 2.45) is 22.7 Å². The first-order chi connectivity index (χ1) is 29.4. The van der Waals surface area contributed by atoms with E-state index in [-0.39, 0.29) is 24.9 Å². The molecule has 2 aromatic rings. The maximum atomic E-state index is 14.8. The van der Waals surface area contributed by atoms with Crippen molar-refractivity contribution >= 4 is 35.5 Å². The van der Waals surface area contributed by atoms with Gasteiger partial charge in [-0.15, -0.1) is 0 Å². The summed E-state index contributed by atoms with van der Waals surface area (Å²) in [5.74, 6) is -2.70. The Balaban J connectivity index is 1.19. The predicted octanol–water partition coefficient (Wildman–Crippen LogP) is 3.56. The number of esters is 2. The molecule has 4 bridgehead atoms. The molecule has 4 unspecified atom stereocenters. The number of aliphatic hydroxyl groups is 2. The molecule has 15 nitrogen and oxygen atoms in total. The van der Waals surface area contributed by atoms with Gasteiger partial charge in [0.1, 0.15) is 23.5 Å². The number of para-hydroxylation sites is 2. The lowest BCUT2D eigenvalue weighted by molar-refractivity contribution is -0.241. The third-order valence-electron chi connectivity index (χ3n) is 19.5. The van der Waals surface area contributed by atoms with Gasteiger partial charge >= 0.3 is 24.1 Å². The van der Waals surface area contributed by atoms with Crippen LogP contribution in [-0.4, -0.2) is 132 Å². The highest BCUT2D eigenvalue weighted by atomic mass is 16.6. The van der Waals surface area contributed by atoms with Crippen molar-refractivity contribution in [3.05, 3.63) is 59.7 Å². The topological polar surface area (TPSA) is 168 Å². The van der Waals surface area contributed by atoms with Gasteiger partial charge in [0.2, 0.25) is 0 Å². The van der Waals surface area contributed by atoms with Gasteiger partial charge in [0.15, 0.2) is 11.2 Å². The van der Waals surface area contributed by atoms with Crippen molar-refractivity contribution in [3.8, 4) is 0 Å². The fraction of sp³-hybridized carbons (Fsp3) is 0.652. The molecule has 14 atom stereocenters. The molecule has 5 saturated heterocycles. The Hall–Kier alpha value is -4.28. The van der Waals surface area contributed by atoms with Crippen LogP contribution in [0, 0.1) is 22.7 Å². The first kappa shape index (κ1) is 37.3. The molecule has 0 aromatic heterocycles. The van der Waals surface area contributed by atoms with Crippen molar-refractivity contribution in [2.75, 3.05) is 51.3 Å². The van der Waals surface area contributed by atoms with E-state index in [0.29, 0.717) is 50.1 Å². The van der Waals surface area contributed by atoms with Gasteiger partial charge < -0.3 is 33.9 Å². The van der Waals surface area contributed by atoms with Crippen molar-refractivity contribution < 1.29 is 53.1 Å². The van der Waals surface area contributed by atoms with E-state index in [4.69, 9.17) is 23.7 Å². The molecule has 7 heterocycles. The Labute approximate surface area is 353 Å². The Morgan fingerprint density at radius 2 is 1.00 bits per heavy atom. The molecular weight excluding hydrogens is 785 g/mol. The number of piperidine rings is 2. The summed E-state index contributed by atoms with van der Waals surface area (Å²) in [5.41, 5.74) is -8.24. The SMILES string of the molecule is COC(=O)N1c2ccccc2[C@@]23[C@@H]4[C@@H]5[C@H](O[C@@H]4N4CCCC6(CCC12[C@](O)(C(=O)OC)C6)[C@H]43)N1CCCC23CCC4(N(C(=O)OC)c6ccccc6[C@@]54[C@@H]12)[C@](O)(C(=O)OC)C3. The molecule has 15 heteroatoms. The molecule has 2 amide bonds. The van der Waals surface area contributed by atoms with Gasteiger partial charge in [0, 0.05) is 47.8 Å². The van der Waals surface area contributed by atoms with Crippen LogP contribution in [0.2, 0.25) is 0 Å². The average Bonchev–Trinajstić information content (AvgIpc) is 4.04. The molecule has 13 aliphatic rings. The largest absolute Gasteiger partial charge is 0.467 e. The molecule has 7 aliphatic heterocycles. The van der Waals surface area contributed by atoms with Crippen molar-refractivity contribution in [1.82, 2.24) is 9.80 Å². The van der Waals surface area contributed by atoms with Crippen molar-refractivity contribution in [3.63, 3.8) is 0 Å². The van der Waals surface area contributed by atoms with Crippen LogP contribution in [-0.2, 0) is 44.1 Å². The first-order valence-corrected chi connectivity index (χ1v) is 22.1. The van der Waals surface area contributed by atoms with Crippen LogP contribution >= 0.6 is 0 Å². The van der Waals surface area contributed by atoms with E-state index in [9.17, 15) is 29.4 Å². The number of carbonyl (C=O) groups excluding carboxylic acids is 4. The minimum absolute atomic E-state index is 0.0958. The van der Waals surface area contributed by atoms with Crippen LogP contribution < -0.4 is 9.80 Å². The van der Waals surface area contributed by atoms with Gasteiger partial charge in [-0.3, -0.25) is 19.6 Å². The zero-order valence-corrected chi connectivity index (χ0v) is 34.9. The zero-order valence-electron chi connectivity index (χ0n) is 34.9. The van der Waals surface area contributed by atoms with Crippen LogP contribution in [0.4, 0.5) is 21.0 Å². The summed E-state index contributed by atoms with van der Waals surface area (Å²) in [6, 6.07) is 15.0. The number of rotatable bonds is 2. The van der Waals surface area contributed by atoms with Gasteiger partial charge in [-0.05, 0) is 98.3 Å². The van der Waals surface area contributed by atoms with Crippen LogP contribution in [0.1, 0.15) is 75.3 Å². The first-order valence-electron chi connectivity index (χ1n) is 22.1. The van der Waals surface area contributed by atoms with Crippen LogP contribution in [0.15, 0.2) is 48.5 Å². The molecule has 6 saturated carbocycles. The van der Waals surface area contributed by atoms with E-state index in [2.05, 4.69) is 21.9 Å². The van der Waals surface area contributed by atoms with Crippen LogP contribution in [0.25, 0.3) is 0 Å². The summed E-state index contributed by atoms with van der Waals surface area (Å²) in [5, 5.41) is 27.6. The molecule has 6 spiro atoms. The summed E-state index contributed by atoms with van der Waals surface area (Å²) in [4.78, 5) is 67.4. The molecule has 2 N–H and O–H groups in total. The molecule has 15 rings (SSSR count). The third-order valence-corrected chi connectivity index (χ3v) is 19.5. The van der Waals surface area contributed by atoms with Crippen LogP contribution in [0.5, 0.6) is 0 Å². The van der Waals surface area contributed by atoms with E-state index >= 15 is 0 Å². The average molecular weight is 837 g/mol. The zero-order chi connectivity index (χ0) is 42.1.